The lowest BCUT2D eigenvalue weighted by atomic mass is 9.89. The van der Waals surface area contributed by atoms with Gasteiger partial charge in [-0.3, -0.25) is 4.90 Å². The van der Waals surface area contributed by atoms with Gasteiger partial charge in [0.1, 0.15) is 0 Å². The highest BCUT2D eigenvalue weighted by atomic mass is 15.2. The molecule has 1 saturated carbocycles. The second-order valence-corrected chi connectivity index (χ2v) is 7.54. The molecule has 0 unspecified atom stereocenters. The van der Waals surface area contributed by atoms with E-state index in [1.54, 1.807) is 0 Å². The minimum atomic E-state index is 0.170. The van der Waals surface area contributed by atoms with Crippen LogP contribution in [0.2, 0.25) is 0 Å². The van der Waals surface area contributed by atoms with E-state index in [0.29, 0.717) is 5.92 Å². The fraction of sp³-hybridized carbons (Fsp3) is 0.684. The molecule has 2 aliphatic carbocycles. The van der Waals surface area contributed by atoms with Gasteiger partial charge in [-0.15, -0.1) is 0 Å². The fourth-order valence-corrected chi connectivity index (χ4v) is 4.48. The van der Waals surface area contributed by atoms with Gasteiger partial charge >= 0.3 is 0 Å². The van der Waals surface area contributed by atoms with Crippen LogP contribution in [-0.2, 0) is 12.8 Å². The Morgan fingerprint density at radius 1 is 1.14 bits per heavy atom. The molecule has 1 fully saturated rings. The Labute approximate surface area is 129 Å². The average molecular weight is 286 g/mol. The summed E-state index contributed by atoms with van der Waals surface area (Å²) in [4.78, 5) is 2.81. The molecule has 21 heavy (non-hydrogen) atoms. The standard InChI is InChI=1S/C19H30N2/c1-15(2)13-21(18-9-5-6-10-18)19(14-20)11-16-7-3-4-8-17(16)12-19/h3-4,7-8,15,18H,5-6,9-14,20H2,1-2H3. The van der Waals surface area contributed by atoms with Crippen molar-refractivity contribution in [1.82, 2.24) is 4.90 Å². The zero-order chi connectivity index (χ0) is 14.9. The summed E-state index contributed by atoms with van der Waals surface area (Å²) in [6.45, 7) is 6.66. The Hall–Kier alpha value is -0.860. The van der Waals surface area contributed by atoms with Gasteiger partial charge in [-0.1, -0.05) is 51.0 Å². The molecule has 0 heterocycles. The second kappa shape index (κ2) is 6.10. The molecule has 0 bridgehead atoms. The van der Waals surface area contributed by atoms with Crippen LogP contribution in [0.25, 0.3) is 0 Å². The van der Waals surface area contributed by atoms with Crippen LogP contribution in [0.5, 0.6) is 0 Å². The summed E-state index contributed by atoms with van der Waals surface area (Å²) in [5.74, 6) is 0.706. The van der Waals surface area contributed by atoms with Crippen LogP contribution in [0, 0.1) is 5.92 Å². The van der Waals surface area contributed by atoms with Crippen molar-refractivity contribution in [2.75, 3.05) is 13.1 Å². The third-order valence-corrected chi connectivity index (χ3v) is 5.47. The molecule has 1 aromatic carbocycles. The van der Waals surface area contributed by atoms with Gasteiger partial charge in [0, 0.05) is 24.7 Å². The molecule has 2 nitrogen and oxygen atoms in total. The maximum Gasteiger partial charge on any atom is 0.0415 e. The van der Waals surface area contributed by atoms with Crippen molar-refractivity contribution in [1.29, 1.82) is 0 Å². The van der Waals surface area contributed by atoms with E-state index in [2.05, 4.69) is 43.0 Å². The SMILES string of the molecule is CC(C)CN(C1CCCC1)C1(CN)Cc2ccccc2C1. The zero-order valence-electron chi connectivity index (χ0n) is 13.6. The summed E-state index contributed by atoms with van der Waals surface area (Å²) in [6, 6.07) is 9.70. The first-order valence-electron chi connectivity index (χ1n) is 8.68. The van der Waals surface area contributed by atoms with E-state index < -0.39 is 0 Å². The number of benzene rings is 1. The molecule has 2 heteroatoms. The topological polar surface area (TPSA) is 29.3 Å². The molecule has 116 valence electrons. The van der Waals surface area contributed by atoms with Gasteiger partial charge in [0.2, 0.25) is 0 Å². The van der Waals surface area contributed by atoms with Gasteiger partial charge in [0.05, 0.1) is 0 Å². The monoisotopic (exact) mass is 286 g/mol. The van der Waals surface area contributed by atoms with Crippen molar-refractivity contribution in [3.05, 3.63) is 35.4 Å². The Kier molecular flexibility index (Phi) is 4.37. The van der Waals surface area contributed by atoms with Crippen LogP contribution in [0.1, 0.15) is 50.7 Å². The number of hydrogen-bond donors (Lipinski definition) is 1. The maximum atomic E-state index is 6.35. The molecule has 0 amide bonds. The van der Waals surface area contributed by atoms with E-state index in [9.17, 15) is 0 Å². The van der Waals surface area contributed by atoms with Gasteiger partial charge in [0.25, 0.3) is 0 Å². The summed E-state index contributed by atoms with van der Waals surface area (Å²) >= 11 is 0. The molecule has 0 radical (unpaired) electrons. The number of fused-ring (bicyclic) bond motifs is 1. The fourth-order valence-electron chi connectivity index (χ4n) is 4.48. The van der Waals surface area contributed by atoms with Crippen LogP contribution in [-0.4, -0.2) is 29.6 Å². The minimum Gasteiger partial charge on any atom is -0.329 e. The highest BCUT2D eigenvalue weighted by molar-refractivity contribution is 5.37. The molecule has 2 aliphatic rings. The number of rotatable bonds is 5. The Morgan fingerprint density at radius 3 is 2.19 bits per heavy atom. The van der Waals surface area contributed by atoms with E-state index in [1.165, 1.54) is 43.4 Å². The van der Waals surface area contributed by atoms with Crippen LogP contribution in [0.3, 0.4) is 0 Å². The first-order chi connectivity index (χ1) is 10.1. The molecule has 0 atom stereocenters. The number of nitrogens with zero attached hydrogens (tertiary/aromatic N) is 1. The van der Waals surface area contributed by atoms with E-state index in [4.69, 9.17) is 5.73 Å². The molecule has 2 N–H and O–H groups in total. The number of nitrogens with two attached hydrogens (primary N) is 1. The third-order valence-electron chi connectivity index (χ3n) is 5.47. The van der Waals surface area contributed by atoms with Gasteiger partial charge in [-0.25, -0.2) is 0 Å². The van der Waals surface area contributed by atoms with Crippen LogP contribution in [0.4, 0.5) is 0 Å². The molecule has 0 aliphatic heterocycles. The van der Waals surface area contributed by atoms with E-state index in [0.717, 1.165) is 25.4 Å². The Bertz CT molecular complexity index is 449. The van der Waals surface area contributed by atoms with Crippen molar-refractivity contribution >= 4 is 0 Å². The normalized spacial score (nSPS) is 21.4. The first kappa shape index (κ1) is 15.1. The minimum absolute atomic E-state index is 0.170. The van der Waals surface area contributed by atoms with E-state index >= 15 is 0 Å². The van der Waals surface area contributed by atoms with Gasteiger partial charge < -0.3 is 5.73 Å². The van der Waals surface area contributed by atoms with Crippen molar-refractivity contribution in [3.63, 3.8) is 0 Å². The summed E-state index contributed by atoms with van der Waals surface area (Å²) in [5.41, 5.74) is 9.57. The van der Waals surface area contributed by atoms with Crippen molar-refractivity contribution < 1.29 is 0 Å². The highest BCUT2D eigenvalue weighted by Gasteiger charge is 2.44. The molecule has 0 aromatic heterocycles. The van der Waals surface area contributed by atoms with Crippen LogP contribution in [0.15, 0.2) is 24.3 Å². The largest absolute Gasteiger partial charge is 0.329 e. The first-order valence-corrected chi connectivity index (χ1v) is 8.68. The third kappa shape index (κ3) is 2.89. The van der Waals surface area contributed by atoms with Crippen LogP contribution >= 0.6 is 0 Å². The summed E-state index contributed by atoms with van der Waals surface area (Å²) < 4.78 is 0. The molecule has 0 saturated heterocycles. The van der Waals surface area contributed by atoms with Crippen LogP contribution < -0.4 is 5.73 Å². The molecular formula is C19H30N2. The predicted octanol–water partition coefficient (Wildman–Crippen LogP) is 3.38. The molecule has 1 aromatic rings. The second-order valence-electron chi connectivity index (χ2n) is 7.54. The summed E-state index contributed by atoms with van der Waals surface area (Å²) in [6.07, 6.45) is 7.81. The Balaban J connectivity index is 1.89. The summed E-state index contributed by atoms with van der Waals surface area (Å²) in [7, 11) is 0. The number of hydrogen-bond acceptors (Lipinski definition) is 2. The lowest BCUT2D eigenvalue weighted by molar-refractivity contribution is 0.0443. The average Bonchev–Trinajstić information content (AvgIpc) is 3.12. The van der Waals surface area contributed by atoms with E-state index in [-0.39, 0.29) is 5.54 Å². The zero-order valence-corrected chi connectivity index (χ0v) is 13.6. The van der Waals surface area contributed by atoms with Gasteiger partial charge in [-0.2, -0.15) is 0 Å². The van der Waals surface area contributed by atoms with Crippen molar-refractivity contribution in [2.24, 2.45) is 11.7 Å². The Morgan fingerprint density at radius 2 is 1.71 bits per heavy atom. The van der Waals surface area contributed by atoms with Gasteiger partial charge in [0.15, 0.2) is 0 Å². The van der Waals surface area contributed by atoms with Crippen molar-refractivity contribution in [2.45, 2.75) is 64.0 Å². The van der Waals surface area contributed by atoms with Gasteiger partial charge in [-0.05, 0) is 42.7 Å². The molecular weight excluding hydrogens is 256 g/mol. The highest BCUT2D eigenvalue weighted by Crippen LogP contribution is 2.38. The van der Waals surface area contributed by atoms with Crippen molar-refractivity contribution in [3.8, 4) is 0 Å². The molecule has 3 rings (SSSR count). The summed E-state index contributed by atoms with van der Waals surface area (Å²) in [5, 5.41) is 0. The molecule has 0 spiro atoms. The maximum absolute atomic E-state index is 6.35. The predicted molar refractivity (Wildman–Crippen MR) is 89.4 cm³/mol. The lowest BCUT2D eigenvalue weighted by Crippen LogP contribution is -2.59. The smallest absolute Gasteiger partial charge is 0.0415 e. The quantitative estimate of drug-likeness (QED) is 0.899. The lowest BCUT2D eigenvalue weighted by Gasteiger charge is -2.45. The van der Waals surface area contributed by atoms with E-state index in [1.807, 2.05) is 0 Å².